The normalized spacial score (nSPS) is 11.8. The first kappa shape index (κ1) is 22.3. The minimum atomic E-state index is -0.591. The average molecular weight is 421 g/mol. The quantitative estimate of drug-likeness (QED) is 0.667. The van der Waals surface area contributed by atoms with Crippen molar-refractivity contribution >= 4 is 35.0 Å². The fraction of sp³-hybridized carbons (Fsp3) is 0.364. The van der Waals surface area contributed by atoms with Crippen LogP contribution in [0.15, 0.2) is 42.5 Å². The number of aryl methyl sites for hydroxylation is 1. The summed E-state index contributed by atoms with van der Waals surface area (Å²) in [7, 11) is 0. The molecule has 0 aliphatic heterocycles. The molecule has 2 amide bonds. The molecule has 0 saturated carbocycles. The van der Waals surface area contributed by atoms with Gasteiger partial charge >= 0.3 is 0 Å². The van der Waals surface area contributed by atoms with Gasteiger partial charge in [0.2, 0.25) is 11.8 Å². The lowest BCUT2D eigenvalue weighted by atomic mass is 10.1. The topological polar surface area (TPSA) is 49.4 Å². The standard InChI is InChI=1S/C22H26Cl2N2O2/c1-4-11-25-22(28)16(3)26(14-17-7-5-15(2)6-8-17)21(27)12-18-9-10-19(23)13-20(18)24/h5-10,13,16H,4,11-12,14H2,1-3H3,(H,25,28). The van der Waals surface area contributed by atoms with E-state index in [9.17, 15) is 9.59 Å². The maximum atomic E-state index is 13.1. The van der Waals surface area contributed by atoms with Crippen LogP contribution in [0.4, 0.5) is 0 Å². The maximum Gasteiger partial charge on any atom is 0.242 e. The number of carbonyl (C=O) groups is 2. The second kappa shape index (κ2) is 10.5. The fourth-order valence-corrected chi connectivity index (χ4v) is 3.27. The number of halogens is 2. The number of amides is 2. The van der Waals surface area contributed by atoms with Crippen molar-refractivity contribution in [2.45, 2.75) is 46.2 Å². The molecule has 2 aromatic carbocycles. The Balaban J connectivity index is 2.23. The van der Waals surface area contributed by atoms with Crippen molar-refractivity contribution < 1.29 is 9.59 Å². The molecule has 2 rings (SSSR count). The molecule has 0 saturated heterocycles. The van der Waals surface area contributed by atoms with E-state index in [-0.39, 0.29) is 18.2 Å². The van der Waals surface area contributed by atoms with Gasteiger partial charge in [-0.15, -0.1) is 0 Å². The van der Waals surface area contributed by atoms with Crippen LogP contribution in [0, 0.1) is 6.92 Å². The Morgan fingerprint density at radius 1 is 1.11 bits per heavy atom. The van der Waals surface area contributed by atoms with Crippen LogP contribution in [0.25, 0.3) is 0 Å². The van der Waals surface area contributed by atoms with Crippen molar-refractivity contribution in [3.05, 3.63) is 69.2 Å². The van der Waals surface area contributed by atoms with Crippen LogP contribution in [-0.2, 0) is 22.6 Å². The zero-order chi connectivity index (χ0) is 20.7. The molecule has 4 nitrogen and oxygen atoms in total. The Morgan fingerprint density at radius 3 is 2.39 bits per heavy atom. The first-order valence-electron chi connectivity index (χ1n) is 9.38. The van der Waals surface area contributed by atoms with Crippen molar-refractivity contribution in [3.8, 4) is 0 Å². The van der Waals surface area contributed by atoms with Crippen LogP contribution >= 0.6 is 23.2 Å². The highest BCUT2D eigenvalue weighted by Gasteiger charge is 2.26. The molecule has 1 atom stereocenters. The smallest absolute Gasteiger partial charge is 0.242 e. The molecule has 0 aromatic heterocycles. The Bertz CT molecular complexity index is 822. The van der Waals surface area contributed by atoms with E-state index in [1.54, 1.807) is 30.0 Å². The summed E-state index contributed by atoms with van der Waals surface area (Å²) in [5.41, 5.74) is 2.80. The number of rotatable bonds is 8. The van der Waals surface area contributed by atoms with Crippen LogP contribution in [0.1, 0.15) is 37.0 Å². The molecule has 0 spiro atoms. The van der Waals surface area contributed by atoms with Crippen LogP contribution in [0.5, 0.6) is 0 Å². The summed E-state index contributed by atoms with van der Waals surface area (Å²) in [6.07, 6.45) is 0.942. The summed E-state index contributed by atoms with van der Waals surface area (Å²) in [5.74, 6) is -0.325. The van der Waals surface area contributed by atoms with E-state index in [1.165, 1.54) is 0 Å². The molecule has 150 valence electrons. The van der Waals surface area contributed by atoms with E-state index in [1.807, 2.05) is 38.1 Å². The predicted molar refractivity (Wildman–Crippen MR) is 115 cm³/mol. The highest BCUT2D eigenvalue weighted by Crippen LogP contribution is 2.22. The summed E-state index contributed by atoms with van der Waals surface area (Å²) >= 11 is 12.2. The van der Waals surface area contributed by atoms with Gasteiger partial charge in [0.15, 0.2) is 0 Å². The van der Waals surface area contributed by atoms with Crippen LogP contribution in [0.2, 0.25) is 10.0 Å². The highest BCUT2D eigenvalue weighted by molar-refractivity contribution is 6.35. The van der Waals surface area contributed by atoms with E-state index < -0.39 is 6.04 Å². The van der Waals surface area contributed by atoms with E-state index >= 15 is 0 Å². The first-order valence-corrected chi connectivity index (χ1v) is 10.1. The van der Waals surface area contributed by atoms with Crippen LogP contribution in [-0.4, -0.2) is 29.3 Å². The third-order valence-corrected chi connectivity index (χ3v) is 5.13. The fourth-order valence-electron chi connectivity index (χ4n) is 2.80. The molecular formula is C22H26Cl2N2O2. The van der Waals surface area contributed by atoms with Gasteiger partial charge in [-0.25, -0.2) is 0 Å². The molecule has 0 heterocycles. The second-order valence-electron chi connectivity index (χ2n) is 6.89. The Morgan fingerprint density at radius 2 is 1.79 bits per heavy atom. The molecule has 0 radical (unpaired) electrons. The lowest BCUT2D eigenvalue weighted by Gasteiger charge is -2.29. The molecule has 0 aliphatic carbocycles. The van der Waals surface area contributed by atoms with E-state index in [0.29, 0.717) is 28.7 Å². The van der Waals surface area contributed by atoms with Crippen molar-refractivity contribution in [2.24, 2.45) is 0 Å². The average Bonchev–Trinajstić information content (AvgIpc) is 2.67. The third-order valence-electron chi connectivity index (χ3n) is 4.55. The number of nitrogens with one attached hydrogen (secondary N) is 1. The number of hydrogen-bond donors (Lipinski definition) is 1. The van der Waals surface area contributed by atoms with E-state index in [0.717, 1.165) is 17.5 Å². The molecule has 1 N–H and O–H groups in total. The van der Waals surface area contributed by atoms with E-state index in [4.69, 9.17) is 23.2 Å². The Kier molecular flexibility index (Phi) is 8.34. The minimum Gasteiger partial charge on any atom is -0.354 e. The summed E-state index contributed by atoms with van der Waals surface area (Å²) in [5, 5.41) is 3.83. The van der Waals surface area contributed by atoms with Gasteiger partial charge in [0.1, 0.15) is 6.04 Å². The number of hydrogen-bond acceptors (Lipinski definition) is 2. The summed E-state index contributed by atoms with van der Waals surface area (Å²) in [4.78, 5) is 27.2. The molecule has 2 aromatic rings. The van der Waals surface area contributed by atoms with Gasteiger partial charge in [-0.3, -0.25) is 9.59 Å². The van der Waals surface area contributed by atoms with Crippen molar-refractivity contribution in [1.82, 2.24) is 10.2 Å². The van der Waals surface area contributed by atoms with Crippen molar-refractivity contribution in [1.29, 1.82) is 0 Å². The van der Waals surface area contributed by atoms with Gasteiger partial charge < -0.3 is 10.2 Å². The van der Waals surface area contributed by atoms with Crippen LogP contribution < -0.4 is 5.32 Å². The number of carbonyl (C=O) groups excluding carboxylic acids is 2. The summed E-state index contributed by atoms with van der Waals surface area (Å²) < 4.78 is 0. The first-order chi connectivity index (χ1) is 13.3. The molecule has 6 heteroatoms. The van der Waals surface area contributed by atoms with Gasteiger partial charge in [-0.1, -0.05) is 66.0 Å². The SMILES string of the molecule is CCCNC(=O)C(C)N(Cc1ccc(C)cc1)C(=O)Cc1ccc(Cl)cc1Cl. The van der Waals surface area contributed by atoms with Gasteiger partial charge in [0.05, 0.1) is 6.42 Å². The van der Waals surface area contributed by atoms with Gasteiger partial charge in [-0.2, -0.15) is 0 Å². The van der Waals surface area contributed by atoms with E-state index in [2.05, 4.69) is 5.32 Å². The van der Waals surface area contributed by atoms with Gasteiger partial charge in [0.25, 0.3) is 0 Å². The molecule has 0 aliphatic rings. The largest absolute Gasteiger partial charge is 0.354 e. The van der Waals surface area contributed by atoms with Gasteiger partial charge in [0, 0.05) is 23.1 Å². The summed E-state index contributed by atoms with van der Waals surface area (Å²) in [6.45, 7) is 6.68. The minimum absolute atomic E-state index is 0.104. The third kappa shape index (κ3) is 6.25. The predicted octanol–water partition coefficient (Wildman–Crippen LogP) is 4.79. The number of benzene rings is 2. The Labute approximate surface area is 176 Å². The zero-order valence-corrected chi connectivity index (χ0v) is 18.0. The monoisotopic (exact) mass is 420 g/mol. The molecule has 1 unspecified atom stereocenters. The maximum absolute atomic E-state index is 13.1. The van der Waals surface area contributed by atoms with Crippen LogP contribution in [0.3, 0.4) is 0 Å². The van der Waals surface area contributed by atoms with Crippen molar-refractivity contribution in [3.63, 3.8) is 0 Å². The van der Waals surface area contributed by atoms with Crippen molar-refractivity contribution in [2.75, 3.05) is 6.54 Å². The highest BCUT2D eigenvalue weighted by atomic mass is 35.5. The second-order valence-corrected chi connectivity index (χ2v) is 7.73. The number of nitrogens with zero attached hydrogens (tertiary/aromatic N) is 1. The summed E-state index contributed by atoms with van der Waals surface area (Å²) in [6, 6.07) is 12.4. The molecule has 0 bridgehead atoms. The lowest BCUT2D eigenvalue weighted by Crippen LogP contribution is -2.48. The lowest BCUT2D eigenvalue weighted by molar-refractivity contribution is -0.140. The Hall–Kier alpha value is -2.04. The van der Waals surface area contributed by atoms with Gasteiger partial charge in [-0.05, 0) is 43.5 Å². The molecular weight excluding hydrogens is 395 g/mol. The molecule has 28 heavy (non-hydrogen) atoms. The molecule has 0 fully saturated rings. The zero-order valence-electron chi connectivity index (χ0n) is 16.5.